The van der Waals surface area contributed by atoms with Gasteiger partial charge in [0.2, 0.25) is 15.9 Å². The number of carbonyl (C=O) groups excluding carboxylic acids is 1. The second-order valence-corrected chi connectivity index (χ2v) is 11.8. The molecule has 3 aromatic heterocycles. The van der Waals surface area contributed by atoms with Gasteiger partial charge < -0.3 is 14.8 Å². The Bertz CT molecular complexity index is 1380. The molecule has 1 saturated carbocycles. The third-order valence-corrected chi connectivity index (χ3v) is 8.82. The van der Waals surface area contributed by atoms with Crippen LogP contribution < -0.4 is 14.8 Å². The summed E-state index contributed by atoms with van der Waals surface area (Å²) in [5.41, 5.74) is 1.04. The number of nitrogens with one attached hydrogen (secondary N) is 2. The van der Waals surface area contributed by atoms with Gasteiger partial charge in [0.15, 0.2) is 5.01 Å². The quantitative estimate of drug-likeness (QED) is 0.349. The maximum atomic E-state index is 13.3. The van der Waals surface area contributed by atoms with Gasteiger partial charge >= 0.3 is 0 Å². The summed E-state index contributed by atoms with van der Waals surface area (Å²) in [6.07, 6.45) is 7.26. The number of nitrogens with zero attached hydrogens (tertiary/aromatic N) is 6. The van der Waals surface area contributed by atoms with Crippen molar-refractivity contribution in [3.8, 4) is 16.5 Å². The van der Waals surface area contributed by atoms with Gasteiger partial charge in [0.1, 0.15) is 17.8 Å². The zero-order valence-corrected chi connectivity index (χ0v) is 22.4. The van der Waals surface area contributed by atoms with Crippen molar-refractivity contribution in [2.24, 2.45) is 0 Å². The summed E-state index contributed by atoms with van der Waals surface area (Å²) in [5, 5.41) is 2.88. The number of hydrogen-bond acceptors (Lipinski definition) is 12. The fourth-order valence-electron chi connectivity index (χ4n) is 3.88. The predicted molar refractivity (Wildman–Crippen MR) is 139 cm³/mol. The molecule has 1 atom stereocenters. The average molecular weight is 561 g/mol. The predicted octanol–water partition coefficient (Wildman–Crippen LogP) is 1.50. The molecular formula is C23H28N8O5S2. The number of thiazole rings is 1. The van der Waals surface area contributed by atoms with Gasteiger partial charge in [-0.05, 0) is 19.8 Å². The first-order chi connectivity index (χ1) is 18.4. The van der Waals surface area contributed by atoms with E-state index < -0.39 is 16.1 Å². The van der Waals surface area contributed by atoms with E-state index in [2.05, 4.69) is 39.9 Å². The molecule has 0 radical (unpaired) electrons. The van der Waals surface area contributed by atoms with Gasteiger partial charge in [-0.2, -0.15) is 0 Å². The highest BCUT2D eigenvalue weighted by molar-refractivity contribution is 7.93. The number of ether oxygens (including phenoxy) is 2. The lowest BCUT2D eigenvalue weighted by Crippen LogP contribution is -2.43. The average Bonchev–Trinajstić information content (AvgIpc) is 3.67. The second kappa shape index (κ2) is 11.6. The van der Waals surface area contributed by atoms with E-state index in [0.29, 0.717) is 74.4 Å². The van der Waals surface area contributed by atoms with Crippen LogP contribution >= 0.6 is 11.3 Å². The van der Waals surface area contributed by atoms with Crippen molar-refractivity contribution in [1.29, 1.82) is 0 Å². The lowest BCUT2D eigenvalue weighted by molar-refractivity contribution is 0.0330. The number of amides is 1. The van der Waals surface area contributed by atoms with Crippen molar-refractivity contribution in [3.05, 3.63) is 41.7 Å². The normalized spacial score (nSPS) is 17.1. The van der Waals surface area contributed by atoms with Crippen LogP contribution in [0, 0.1) is 0 Å². The third-order valence-electron chi connectivity index (χ3n) is 5.96. The maximum Gasteiger partial charge on any atom is 0.280 e. The van der Waals surface area contributed by atoms with Crippen molar-refractivity contribution in [2.75, 3.05) is 44.2 Å². The largest absolute Gasteiger partial charge is 0.477 e. The second-order valence-electron chi connectivity index (χ2n) is 8.82. The Kier molecular flexibility index (Phi) is 8.06. The molecule has 3 aromatic rings. The van der Waals surface area contributed by atoms with Crippen LogP contribution in [-0.4, -0.2) is 88.8 Å². The minimum atomic E-state index is -3.49. The molecule has 1 amide bonds. The molecule has 1 aliphatic carbocycles. The van der Waals surface area contributed by atoms with Crippen molar-refractivity contribution >= 4 is 33.1 Å². The fraction of sp³-hybridized carbons (Fsp3) is 0.478. The van der Waals surface area contributed by atoms with Crippen molar-refractivity contribution < 1.29 is 22.7 Å². The van der Waals surface area contributed by atoms with E-state index >= 15 is 0 Å². The summed E-state index contributed by atoms with van der Waals surface area (Å²) >= 11 is 1.19. The number of rotatable bonds is 11. The van der Waals surface area contributed by atoms with Gasteiger partial charge in [0.25, 0.3) is 5.91 Å². The number of morpholine rings is 1. The highest BCUT2D eigenvalue weighted by Crippen LogP contribution is 2.30. The highest BCUT2D eigenvalue weighted by atomic mass is 32.2. The van der Waals surface area contributed by atoms with Crippen LogP contribution in [0.5, 0.6) is 5.88 Å². The van der Waals surface area contributed by atoms with Crippen LogP contribution in [0.25, 0.3) is 10.6 Å². The monoisotopic (exact) mass is 560 g/mol. The van der Waals surface area contributed by atoms with Crippen LogP contribution in [0.4, 0.5) is 5.82 Å². The zero-order valence-electron chi connectivity index (χ0n) is 20.7. The van der Waals surface area contributed by atoms with Gasteiger partial charge in [-0.15, -0.1) is 11.3 Å². The number of anilines is 1. The Morgan fingerprint density at radius 1 is 1.21 bits per heavy atom. The Balaban J connectivity index is 1.35. The van der Waals surface area contributed by atoms with E-state index in [4.69, 9.17) is 9.47 Å². The topological polar surface area (TPSA) is 161 Å². The molecular weight excluding hydrogens is 532 g/mol. The molecule has 13 nitrogen and oxygen atoms in total. The highest BCUT2D eigenvalue weighted by Gasteiger charge is 2.36. The maximum absolute atomic E-state index is 13.3. The summed E-state index contributed by atoms with van der Waals surface area (Å²) in [4.78, 5) is 37.4. The zero-order chi connectivity index (χ0) is 26.5. The molecule has 0 spiro atoms. The van der Waals surface area contributed by atoms with Gasteiger partial charge in [0, 0.05) is 31.9 Å². The first-order valence-corrected chi connectivity index (χ1v) is 14.6. The lowest BCUT2D eigenvalue weighted by atomic mass is 10.1. The first-order valence-electron chi connectivity index (χ1n) is 12.3. The van der Waals surface area contributed by atoms with E-state index in [1.54, 1.807) is 18.5 Å². The smallest absolute Gasteiger partial charge is 0.280 e. The molecule has 38 heavy (non-hydrogen) atoms. The van der Waals surface area contributed by atoms with Crippen LogP contribution in [0.3, 0.4) is 0 Å². The molecule has 1 saturated heterocycles. The van der Waals surface area contributed by atoms with E-state index in [9.17, 15) is 13.2 Å². The molecule has 202 valence electrons. The number of sulfonamides is 1. The lowest BCUT2D eigenvalue weighted by Gasteiger charge is -2.30. The number of carbonyl (C=O) groups is 1. The summed E-state index contributed by atoms with van der Waals surface area (Å²) in [6.45, 7) is 5.37. The summed E-state index contributed by atoms with van der Waals surface area (Å²) < 4.78 is 38.2. The molecule has 15 heteroatoms. The Morgan fingerprint density at radius 2 is 2.03 bits per heavy atom. The summed E-state index contributed by atoms with van der Waals surface area (Å²) in [5.74, 6) is 0.187. The number of hydrogen-bond donors (Lipinski definition) is 2. The van der Waals surface area contributed by atoms with Gasteiger partial charge in [0.05, 0.1) is 54.1 Å². The van der Waals surface area contributed by atoms with Gasteiger partial charge in [-0.3, -0.25) is 19.4 Å². The number of aromatic nitrogens is 5. The molecule has 4 heterocycles. The molecule has 0 bridgehead atoms. The summed E-state index contributed by atoms with van der Waals surface area (Å²) in [7, 11) is -3.49. The van der Waals surface area contributed by atoms with Crippen molar-refractivity contribution in [2.45, 2.75) is 31.1 Å². The Hall–Kier alpha value is -3.27. The van der Waals surface area contributed by atoms with E-state index in [-0.39, 0.29) is 22.0 Å². The van der Waals surface area contributed by atoms with Crippen molar-refractivity contribution in [1.82, 2.24) is 35.1 Å². The van der Waals surface area contributed by atoms with Crippen LogP contribution in [0.15, 0.2) is 31.0 Å². The molecule has 0 aromatic carbocycles. The third kappa shape index (κ3) is 6.59. The van der Waals surface area contributed by atoms with E-state index in [1.165, 1.54) is 23.9 Å². The minimum Gasteiger partial charge on any atom is -0.477 e. The summed E-state index contributed by atoms with van der Waals surface area (Å²) in [6, 6.07) is 1.02. The van der Waals surface area contributed by atoms with Crippen molar-refractivity contribution in [3.63, 3.8) is 0 Å². The van der Waals surface area contributed by atoms with Crippen LogP contribution in [0.2, 0.25) is 0 Å². The fourth-order valence-corrected chi connectivity index (χ4v) is 5.98. The van der Waals surface area contributed by atoms with Gasteiger partial charge in [-0.25, -0.2) is 28.4 Å². The van der Waals surface area contributed by atoms with E-state index in [0.717, 1.165) is 0 Å². The Morgan fingerprint density at radius 3 is 2.79 bits per heavy atom. The molecule has 5 rings (SSSR count). The first kappa shape index (κ1) is 26.3. The SMILES string of the molecule is CCOc1cncc(-c2cnc(C(=O)N[C@@H](CN3CCOCC3)c3cc(NS(=O)(=O)C4CC4)ncn3)s2)n1. The molecule has 2 fully saturated rings. The van der Waals surface area contributed by atoms with Gasteiger partial charge in [-0.1, -0.05) is 0 Å². The standard InChI is InChI=1S/C23H28N8O5S2/c1-2-36-21-12-24-10-17(28-21)19-11-25-23(37-19)22(32)29-18(13-31-5-7-35-8-6-31)16-9-20(27-14-26-16)30-38(33,34)15-3-4-15/h9-12,14-15,18H,2-8,13H2,1H3,(H,29,32)(H,26,27,30)/t18-/m0/s1. The van der Waals surface area contributed by atoms with Crippen LogP contribution in [-0.2, 0) is 14.8 Å². The molecule has 1 aliphatic heterocycles. The van der Waals surface area contributed by atoms with E-state index in [1.807, 2.05) is 6.92 Å². The molecule has 0 unspecified atom stereocenters. The minimum absolute atomic E-state index is 0.174. The molecule has 2 aliphatic rings. The Labute approximate surface area is 224 Å². The van der Waals surface area contributed by atoms with Crippen LogP contribution in [0.1, 0.15) is 41.3 Å². The molecule has 2 N–H and O–H groups in total.